The molecule has 18 heavy (non-hydrogen) atoms. The molecule has 0 aliphatic heterocycles. The van der Waals surface area contributed by atoms with Crippen molar-refractivity contribution in [2.45, 2.75) is 32.0 Å². The molecule has 1 rings (SSSR count). The molecule has 2 atom stereocenters. The Labute approximate surface area is 108 Å². The smallest absolute Gasteiger partial charge is 0.0914 e. The topological polar surface area (TPSA) is 72.7 Å². The molecule has 2 unspecified atom stereocenters. The fourth-order valence-corrected chi connectivity index (χ4v) is 1.67. The molecule has 4 heteroatoms. The van der Waals surface area contributed by atoms with E-state index in [-0.39, 0.29) is 13.2 Å². The van der Waals surface area contributed by atoms with Gasteiger partial charge in [0.15, 0.2) is 0 Å². The molecule has 4 N–H and O–H groups in total. The lowest BCUT2D eigenvalue weighted by atomic mass is 10.00. The zero-order chi connectivity index (χ0) is 13.5. The van der Waals surface area contributed by atoms with E-state index < -0.39 is 12.2 Å². The maximum atomic E-state index is 9.93. The molecular weight excluding hydrogens is 230 g/mol. The van der Waals surface area contributed by atoms with Gasteiger partial charge < -0.3 is 20.6 Å². The Kier molecular flexibility index (Phi) is 6.29. The molecule has 0 amide bonds. The number of aliphatic hydroxyl groups is 3. The average Bonchev–Trinajstić information content (AvgIpc) is 2.38. The molecule has 0 radical (unpaired) electrons. The van der Waals surface area contributed by atoms with Crippen LogP contribution < -0.4 is 5.32 Å². The van der Waals surface area contributed by atoms with Crippen LogP contribution in [0.25, 0.3) is 0 Å². The van der Waals surface area contributed by atoms with Gasteiger partial charge in [0.05, 0.1) is 18.8 Å². The summed E-state index contributed by atoms with van der Waals surface area (Å²) in [7, 11) is 0. The summed E-state index contributed by atoms with van der Waals surface area (Å²) in [6.07, 6.45) is -1.38. The SMILES string of the molecule is CC(C)c1ccc(C(O)CNCC(O)CO)cc1. The molecule has 0 fully saturated rings. The summed E-state index contributed by atoms with van der Waals surface area (Å²) in [5.41, 5.74) is 2.10. The summed E-state index contributed by atoms with van der Waals surface area (Å²) in [5.74, 6) is 0.481. The first kappa shape index (κ1) is 15.1. The van der Waals surface area contributed by atoms with E-state index >= 15 is 0 Å². The third kappa shape index (κ3) is 4.74. The van der Waals surface area contributed by atoms with Crippen LogP contribution in [0.15, 0.2) is 24.3 Å². The first-order valence-electron chi connectivity index (χ1n) is 6.32. The molecule has 0 saturated carbocycles. The number of hydrogen-bond acceptors (Lipinski definition) is 4. The highest BCUT2D eigenvalue weighted by Crippen LogP contribution is 2.18. The van der Waals surface area contributed by atoms with Crippen LogP contribution in [0.3, 0.4) is 0 Å². The molecule has 102 valence electrons. The van der Waals surface area contributed by atoms with Crippen LogP contribution in [0.4, 0.5) is 0 Å². The van der Waals surface area contributed by atoms with Crippen molar-refractivity contribution in [3.05, 3.63) is 35.4 Å². The van der Waals surface area contributed by atoms with Gasteiger partial charge in [0.25, 0.3) is 0 Å². The second kappa shape index (κ2) is 7.48. The standard InChI is InChI=1S/C14H23NO3/c1-10(2)11-3-5-12(6-4-11)14(18)8-15-7-13(17)9-16/h3-6,10,13-18H,7-9H2,1-2H3. The first-order chi connectivity index (χ1) is 8.54. The van der Waals surface area contributed by atoms with Crippen LogP contribution in [0.1, 0.15) is 37.0 Å². The van der Waals surface area contributed by atoms with Gasteiger partial charge in [0.2, 0.25) is 0 Å². The third-order valence-corrected chi connectivity index (χ3v) is 2.92. The van der Waals surface area contributed by atoms with Gasteiger partial charge in [-0.15, -0.1) is 0 Å². The predicted molar refractivity (Wildman–Crippen MR) is 71.5 cm³/mol. The van der Waals surface area contributed by atoms with Crippen LogP contribution in [-0.2, 0) is 0 Å². The summed E-state index contributed by atoms with van der Waals surface area (Å²) >= 11 is 0. The van der Waals surface area contributed by atoms with E-state index in [9.17, 15) is 5.11 Å². The minimum atomic E-state index is -0.777. The molecule has 0 bridgehead atoms. The Morgan fingerprint density at radius 3 is 2.06 bits per heavy atom. The number of hydrogen-bond donors (Lipinski definition) is 4. The van der Waals surface area contributed by atoms with Gasteiger partial charge >= 0.3 is 0 Å². The van der Waals surface area contributed by atoms with Crippen LogP contribution in [-0.4, -0.2) is 41.1 Å². The Morgan fingerprint density at radius 2 is 1.56 bits per heavy atom. The second-order valence-corrected chi connectivity index (χ2v) is 4.83. The zero-order valence-electron chi connectivity index (χ0n) is 11.0. The predicted octanol–water partition coefficient (Wildman–Crippen LogP) is 0.786. The lowest BCUT2D eigenvalue weighted by Gasteiger charge is -2.15. The molecule has 0 spiro atoms. The summed E-state index contributed by atoms with van der Waals surface area (Å²) in [4.78, 5) is 0. The van der Waals surface area contributed by atoms with Crippen LogP contribution in [0.2, 0.25) is 0 Å². The number of rotatable bonds is 7. The maximum Gasteiger partial charge on any atom is 0.0914 e. The molecule has 0 aliphatic carbocycles. The van der Waals surface area contributed by atoms with Crippen molar-refractivity contribution in [3.63, 3.8) is 0 Å². The minimum Gasteiger partial charge on any atom is -0.394 e. The Morgan fingerprint density at radius 1 is 1.00 bits per heavy atom. The zero-order valence-corrected chi connectivity index (χ0v) is 11.0. The quantitative estimate of drug-likeness (QED) is 0.579. The van der Waals surface area contributed by atoms with Crippen LogP contribution in [0.5, 0.6) is 0 Å². The second-order valence-electron chi connectivity index (χ2n) is 4.83. The van der Waals surface area contributed by atoms with E-state index in [1.54, 1.807) is 0 Å². The minimum absolute atomic E-state index is 0.272. The third-order valence-electron chi connectivity index (χ3n) is 2.92. The van der Waals surface area contributed by atoms with Gasteiger partial charge in [-0.1, -0.05) is 38.1 Å². The molecule has 1 aromatic rings. The van der Waals surface area contributed by atoms with Crippen LogP contribution in [0, 0.1) is 0 Å². The largest absolute Gasteiger partial charge is 0.394 e. The van der Waals surface area contributed by atoms with Crippen molar-refractivity contribution in [3.8, 4) is 0 Å². The van der Waals surface area contributed by atoms with Gasteiger partial charge in [-0.25, -0.2) is 0 Å². The number of benzene rings is 1. The number of aliphatic hydroxyl groups excluding tert-OH is 3. The highest BCUT2D eigenvalue weighted by atomic mass is 16.3. The van der Waals surface area contributed by atoms with Gasteiger partial charge in [-0.3, -0.25) is 0 Å². The van der Waals surface area contributed by atoms with Gasteiger partial charge in [0.1, 0.15) is 0 Å². The van der Waals surface area contributed by atoms with Crippen molar-refractivity contribution in [1.82, 2.24) is 5.32 Å². The fourth-order valence-electron chi connectivity index (χ4n) is 1.67. The Balaban J connectivity index is 2.44. The summed E-state index contributed by atoms with van der Waals surface area (Å²) in [6, 6.07) is 7.88. The summed E-state index contributed by atoms with van der Waals surface area (Å²) in [6.45, 7) is 4.62. The van der Waals surface area contributed by atoms with Gasteiger partial charge in [-0.05, 0) is 17.0 Å². The van der Waals surface area contributed by atoms with Crippen molar-refractivity contribution >= 4 is 0 Å². The van der Waals surface area contributed by atoms with Crippen LogP contribution >= 0.6 is 0 Å². The molecule has 4 nitrogen and oxygen atoms in total. The highest BCUT2D eigenvalue weighted by molar-refractivity contribution is 5.26. The Hall–Kier alpha value is -0.940. The Bertz CT molecular complexity index is 337. The van der Waals surface area contributed by atoms with Crippen molar-refractivity contribution in [2.75, 3.05) is 19.7 Å². The summed E-state index contributed by atoms with van der Waals surface area (Å²) in [5, 5.41) is 30.6. The van der Waals surface area contributed by atoms with Gasteiger partial charge in [-0.2, -0.15) is 0 Å². The van der Waals surface area contributed by atoms with Crippen molar-refractivity contribution < 1.29 is 15.3 Å². The molecular formula is C14H23NO3. The van der Waals surface area contributed by atoms with Crippen molar-refractivity contribution in [2.24, 2.45) is 0 Å². The molecule has 0 aliphatic rings. The normalized spacial score (nSPS) is 14.8. The van der Waals surface area contributed by atoms with E-state index in [1.165, 1.54) is 5.56 Å². The molecule has 0 aromatic heterocycles. The van der Waals surface area contributed by atoms with E-state index in [1.807, 2.05) is 24.3 Å². The van der Waals surface area contributed by atoms with E-state index in [0.29, 0.717) is 12.5 Å². The van der Waals surface area contributed by atoms with E-state index in [2.05, 4.69) is 19.2 Å². The monoisotopic (exact) mass is 253 g/mol. The molecule has 0 saturated heterocycles. The average molecular weight is 253 g/mol. The highest BCUT2D eigenvalue weighted by Gasteiger charge is 2.09. The van der Waals surface area contributed by atoms with E-state index in [0.717, 1.165) is 5.56 Å². The van der Waals surface area contributed by atoms with Gasteiger partial charge in [0, 0.05) is 13.1 Å². The summed E-state index contributed by atoms with van der Waals surface area (Å²) < 4.78 is 0. The molecule has 1 aromatic carbocycles. The lowest BCUT2D eigenvalue weighted by Crippen LogP contribution is -2.32. The molecule has 0 heterocycles. The fraction of sp³-hybridized carbons (Fsp3) is 0.571. The number of nitrogens with one attached hydrogen (secondary N) is 1. The first-order valence-corrected chi connectivity index (χ1v) is 6.32. The maximum absolute atomic E-state index is 9.93. The van der Waals surface area contributed by atoms with E-state index in [4.69, 9.17) is 10.2 Å². The van der Waals surface area contributed by atoms with Crippen molar-refractivity contribution in [1.29, 1.82) is 0 Å². The lowest BCUT2D eigenvalue weighted by molar-refractivity contribution is 0.0891.